The molecule has 1 N–H and O–H groups in total. The van der Waals surface area contributed by atoms with Gasteiger partial charge in [0.2, 0.25) is 0 Å². The molecule has 0 radical (unpaired) electrons. The third kappa shape index (κ3) is 7.07. The molecule has 0 aromatic heterocycles. The van der Waals surface area contributed by atoms with Crippen LogP contribution in [0.4, 0.5) is 0 Å². The molecule has 0 aliphatic carbocycles. The molecule has 0 heterocycles. The first kappa shape index (κ1) is 18.1. The van der Waals surface area contributed by atoms with Crippen molar-refractivity contribution in [1.82, 2.24) is 10.2 Å². The van der Waals surface area contributed by atoms with E-state index < -0.39 is 0 Å². The predicted octanol–water partition coefficient (Wildman–Crippen LogP) is 3.43. The molecule has 0 unspecified atom stereocenters. The second kappa shape index (κ2) is 7.39. The van der Waals surface area contributed by atoms with Crippen LogP contribution in [0.2, 0.25) is 0 Å². The van der Waals surface area contributed by atoms with Crippen LogP contribution in [0, 0.1) is 0 Å². The summed E-state index contributed by atoms with van der Waals surface area (Å²) in [6.07, 6.45) is 0. The maximum atomic E-state index is 5.84. The van der Waals surface area contributed by atoms with E-state index in [1.807, 2.05) is 0 Å². The second-order valence-corrected chi connectivity index (χ2v) is 7.62. The maximum absolute atomic E-state index is 5.84. The molecule has 0 amide bonds. The smallest absolute Gasteiger partial charge is 0.0717 e. The zero-order chi connectivity index (χ0) is 16.1. The van der Waals surface area contributed by atoms with Gasteiger partial charge >= 0.3 is 0 Å². The molecule has 0 bridgehead atoms. The van der Waals surface area contributed by atoms with Crippen molar-refractivity contribution in [3.8, 4) is 0 Å². The number of nitrogens with zero attached hydrogens (tertiary/aromatic N) is 1. The molecular formula is C18H32N2O. The zero-order valence-electron chi connectivity index (χ0n) is 14.8. The van der Waals surface area contributed by atoms with Crippen LogP contribution in [-0.2, 0) is 17.9 Å². The van der Waals surface area contributed by atoms with E-state index in [2.05, 4.69) is 83.2 Å². The van der Waals surface area contributed by atoms with Gasteiger partial charge in [-0.2, -0.15) is 0 Å². The van der Waals surface area contributed by atoms with Crippen LogP contribution in [0.15, 0.2) is 24.3 Å². The Morgan fingerprint density at radius 1 is 0.952 bits per heavy atom. The highest BCUT2D eigenvalue weighted by molar-refractivity contribution is 5.22. The number of hydrogen-bond acceptors (Lipinski definition) is 3. The lowest BCUT2D eigenvalue weighted by molar-refractivity contribution is 0.0275. The monoisotopic (exact) mass is 292 g/mol. The van der Waals surface area contributed by atoms with Crippen LogP contribution in [0.1, 0.15) is 45.7 Å². The summed E-state index contributed by atoms with van der Waals surface area (Å²) < 4.78 is 5.84. The lowest BCUT2D eigenvalue weighted by atomic mass is 10.1. The van der Waals surface area contributed by atoms with Gasteiger partial charge in [-0.1, -0.05) is 24.3 Å². The van der Waals surface area contributed by atoms with Crippen LogP contribution in [-0.4, -0.2) is 36.7 Å². The van der Waals surface area contributed by atoms with Crippen LogP contribution >= 0.6 is 0 Å². The van der Waals surface area contributed by atoms with Crippen molar-refractivity contribution in [2.45, 2.75) is 58.8 Å². The van der Waals surface area contributed by atoms with Gasteiger partial charge in [-0.05, 0) is 59.8 Å². The lowest BCUT2D eigenvalue weighted by Gasteiger charge is -2.32. The van der Waals surface area contributed by atoms with E-state index in [-0.39, 0.29) is 11.1 Å². The van der Waals surface area contributed by atoms with Crippen molar-refractivity contribution < 1.29 is 4.74 Å². The minimum absolute atomic E-state index is 0.0660. The van der Waals surface area contributed by atoms with E-state index in [1.165, 1.54) is 11.1 Å². The summed E-state index contributed by atoms with van der Waals surface area (Å²) in [5.41, 5.74) is 2.75. The highest BCUT2D eigenvalue weighted by atomic mass is 16.5. The third-order valence-electron chi connectivity index (χ3n) is 3.78. The fourth-order valence-corrected chi connectivity index (χ4v) is 1.67. The summed E-state index contributed by atoms with van der Waals surface area (Å²) in [6, 6.07) is 8.66. The molecule has 0 aliphatic rings. The minimum atomic E-state index is 0.0660. The van der Waals surface area contributed by atoms with E-state index >= 15 is 0 Å². The molecule has 1 aromatic rings. The van der Waals surface area contributed by atoms with Gasteiger partial charge in [-0.15, -0.1) is 0 Å². The molecule has 1 aromatic carbocycles. The Hall–Kier alpha value is -0.900. The Morgan fingerprint density at radius 2 is 1.48 bits per heavy atom. The van der Waals surface area contributed by atoms with E-state index in [0.717, 1.165) is 13.2 Å². The number of hydrogen-bond donors (Lipinski definition) is 1. The number of benzene rings is 1. The molecule has 0 saturated heterocycles. The average molecular weight is 292 g/mol. The van der Waals surface area contributed by atoms with Crippen molar-refractivity contribution in [1.29, 1.82) is 0 Å². The average Bonchev–Trinajstić information content (AvgIpc) is 2.36. The Labute approximate surface area is 130 Å². The van der Waals surface area contributed by atoms with E-state index in [4.69, 9.17) is 4.74 Å². The molecule has 120 valence electrons. The molecular weight excluding hydrogens is 260 g/mol. The van der Waals surface area contributed by atoms with E-state index in [9.17, 15) is 0 Å². The molecule has 0 atom stereocenters. The summed E-state index contributed by atoms with van der Waals surface area (Å²) >= 11 is 0. The first-order chi connectivity index (χ1) is 9.60. The predicted molar refractivity (Wildman–Crippen MR) is 90.5 cm³/mol. The van der Waals surface area contributed by atoms with Crippen molar-refractivity contribution in [3.63, 3.8) is 0 Å². The second-order valence-electron chi connectivity index (χ2n) is 7.62. The van der Waals surface area contributed by atoms with E-state index in [1.54, 1.807) is 0 Å². The Bertz CT molecular complexity index is 416. The van der Waals surface area contributed by atoms with Gasteiger partial charge in [0.25, 0.3) is 0 Å². The number of nitrogens with one attached hydrogen (secondary N) is 1. The first-order valence-electron chi connectivity index (χ1n) is 7.68. The fraction of sp³-hybridized carbons (Fsp3) is 0.667. The van der Waals surface area contributed by atoms with Crippen molar-refractivity contribution in [2.24, 2.45) is 0 Å². The van der Waals surface area contributed by atoms with Gasteiger partial charge in [0.15, 0.2) is 0 Å². The highest BCUT2D eigenvalue weighted by Crippen LogP contribution is 2.13. The van der Waals surface area contributed by atoms with Gasteiger partial charge < -0.3 is 15.0 Å². The quantitative estimate of drug-likeness (QED) is 0.833. The molecule has 0 fully saturated rings. The summed E-state index contributed by atoms with van der Waals surface area (Å²) in [5, 5.41) is 3.50. The van der Waals surface area contributed by atoms with Crippen LogP contribution in [0.25, 0.3) is 0 Å². The maximum Gasteiger partial charge on any atom is 0.0717 e. The van der Waals surface area contributed by atoms with Gasteiger partial charge in [0.05, 0.1) is 13.2 Å². The van der Waals surface area contributed by atoms with E-state index in [0.29, 0.717) is 6.61 Å². The third-order valence-corrected chi connectivity index (χ3v) is 3.78. The summed E-state index contributed by atoms with van der Waals surface area (Å²) in [7, 11) is 4.17. The van der Waals surface area contributed by atoms with Gasteiger partial charge in [-0.25, -0.2) is 0 Å². The minimum Gasteiger partial charge on any atom is -0.375 e. The van der Waals surface area contributed by atoms with Crippen LogP contribution in [0.3, 0.4) is 0 Å². The van der Waals surface area contributed by atoms with Crippen molar-refractivity contribution in [2.75, 3.05) is 20.7 Å². The number of likely N-dealkylation sites (N-methyl/N-ethyl adjacent to an activating group) is 1. The van der Waals surface area contributed by atoms with Gasteiger partial charge in [-0.3, -0.25) is 0 Å². The largest absolute Gasteiger partial charge is 0.375 e. The van der Waals surface area contributed by atoms with Crippen LogP contribution < -0.4 is 5.32 Å². The molecule has 0 saturated carbocycles. The molecule has 0 spiro atoms. The molecule has 3 heteroatoms. The van der Waals surface area contributed by atoms with Crippen LogP contribution in [0.5, 0.6) is 0 Å². The summed E-state index contributed by atoms with van der Waals surface area (Å²) in [5.74, 6) is 0. The van der Waals surface area contributed by atoms with Gasteiger partial charge in [0.1, 0.15) is 0 Å². The standard InChI is InChI=1S/C18H32N2O/c1-17(2,3)19-12-15-8-10-16(11-9-15)13-21-14-18(4,5)20(6)7/h8-11,19H,12-14H2,1-7H3. The Balaban J connectivity index is 2.41. The summed E-state index contributed by atoms with van der Waals surface area (Å²) in [4.78, 5) is 2.19. The topological polar surface area (TPSA) is 24.5 Å². The Morgan fingerprint density at radius 3 is 1.95 bits per heavy atom. The molecule has 21 heavy (non-hydrogen) atoms. The van der Waals surface area contributed by atoms with Crippen molar-refractivity contribution in [3.05, 3.63) is 35.4 Å². The molecule has 1 rings (SSSR count). The van der Waals surface area contributed by atoms with Crippen molar-refractivity contribution >= 4 is 0 Å². The number of ether oxygens (including phenoxy) is 1. The SMILES string of the molecule is CN(C)C(C)(C)COCc1ccc(CNC(C)(C)C)cc1. The highest BCUT2D eigenvalue weighted by Gasteiger charge is 2.20. The zero-order valence-corrected chi connectivity index (χ0v) is 14.8. The lowest BCUT2D eigenvalue weighted by Crippen LogP contribution is -2.42. The fourth-order valence-electron chi connectivity index (χ4n) is 1.67. The molecule has 3 nitrogen and oxygen atoms in total. The molecule has 0 aliphatic heterocycles. The van der Waals surface area contributed by atoms with Gasteiger partial charge in [0, 0.05) is 17.6 Å². The summed E-state index contributed by atoms with van der Waals surface area (Å²) in [6.45, 7) is 13.2. The normalized spacial score (nSPS) is 13.0. The Kier molecular flexibility index (Phi) is 6.39. The number of rotatable bonds is 7. The first-order valence-corrected chi connectivity index (χ1v) is 7.68.